The summed E-state index contributed by atoms with van der Waals surface area (Å²) in [7, 11) is 0. The van der Waals surface area contributed by atoms with Crippen LogP contribution in [-0.2, 0) is 14.2 Å². The second-order valence-corrected chi connectivity index (χ2v) is 8.57. The summed E-state index contributed by atoms with van der Waals surface area (Å²) in [6.45, 7) is -0.564. The largest absolute Gasteiger partial charge is 0.395 e. The Kier molecular flexibility index (Phi) is 8.12. The molecule has 3 aliphatic rings. The van der Waals surface area contributed by atoms with Crippen molar-refractivity contribution in [2.75, 3.05) is 19.8 Å². The third-order valence-electron chi connectivity index (χ3n) is 6.62. The van der Waals surface area contributed by atoms with Crippen molar-refractivity contribution in [3.05, 3.63) is 0 Å². The Labute approximate surface area is 183 Å². The van der Waals surface area contributed by atoms with Gasteiger partial charge in [0.1, 0.15) is 48.8 Å². The van der Waals surface area contributed by atoms with Gasteiger partial charge in [0.15, 0.2) is 11.9 Å². The lowest BCUT2D eigenvalue weighted by Crippen LogP contribution is -2.77. The van der Waals surface area contributed by atoms with Gasteiger partial charge < -0.3 is 70.6 Å². The van der Waals surface area contributed by atoms with Crippen LogP contribution in [0.5, 0.6) is 0 Å². The van der Waals surface area contributed by atoms with E-state index in [0.29, 0.717) is 0 Å². The van der Waals surface area contributed by atoms with E-state index in [1.54, 1.807) is 0 Å². The van der Waals surface area contributed by atoms with Gasteiger partial charge in [0.2, 0.25) is 0 Å². The molecule has 0 amide bonds. The van der Waals surface area contributed by atoms with Crippen LogP contribution in [0.1, 0.15) is 6.92 Å². The van der Waals surface area contributed by atoms with Crippen molar-refractivity contribution >= 4 is 0 Å². The molecule has 188 valence electrons. The molecule has 3 saturated heterocycles. The molecule has 0 unspecified atom stereocenters. The van der Waals surface area contributed by atoms with Crippen LogP contribution in [0.15, 0.2) is 0 Å². The zero-order chi connectivity index (χ0) is 24.0. The lowest BCUT2D eigenvalue weighted by atomic mass is 9.75. The Balaban J connectivity index is 1.83. The van der Waals surface area contributed by atoms with Crippen molar-refractivity contribution in [3.8, 4) is 0 Å². The van der Waals surface area contributed by atoms with Crippen LogP contribution < -0.4 is 5.32 Å². The molecule has 3 rings (SSSR count). The maximum absolute atomic E-state index is 11.2. The van der Waals surface area contributed by atoms with Gasteiger partial charge in [-0.2, -0.15) is 0 Å². The van der Waals surface area contributed by atoms with E-state index in [0.717, 1.165) is 0 Å². The molecule has 3 aliphatic heterocycles. The normalized spacial score (nSPS) is 54.7. The minimum atomic E-state index is -2.64. The molecule has 0 radical (unpaired) electrons. The summed E-state index contributed by atoms with van der Waals surface area (Å²) in [4.78, 5) is 0. The van der Waals surface area contributed by atoms with Gasteiger partial charge in [0, 0.05) is 0 Å². The molecular weight excluding hydrogens is 438 g/mol. The second kappa shape index (κ2) is 9.97. The van der Waals surface area contributed by atoms with Crippen molar-refractivity contribution in [2.24, 2.45) is 0 Å². The van der Waals surface area contributed by atoms with E-state index in [4.69, 9.17) is 14.2 Å². The van der Waals surface area contributed by atoms with Crippen LogP contribution in [0.2, 0.25) is 0 Å². The smallest absolute Gasteiger partial charge is 0.187 e. The van der Waals surface area contributed by atoms with Crippen LogP contribution in [-0.4, -0.2) is 156 Å². The number of aliphatic hydroxyl groups excluding tert-OH is 9. The molecule has 32 heavy (non-hydrogen) atoms. The Morgan fingerprint density at radius 1 is 0.781 bits per heavy atom. The fourth-order valence-corrected chi connectivity index (χ4v) is 4.63. The van der Waals surface area contributed by atoms with E-state index in [2.05, 4.69) is 5.32 Å². The van der Waals surface area contributed by atoms with Crippen molar-refractivity contribution in [2.45, 2.75) is 91.9 Å². The Morgan fingerprint density at radius 2 is 1.41 bits per heavy atom. The predicted octanol–water partition coefficient (Wildman–Crippen LogP) is -6.90. The number of hydrogen-bond donors (Lipinski definition) is 11. The third kappa shape index (κ3) is 4.18. The zero-order valence-electron chi connectivity index (χ0n) is 17.3. The Morgan fingerprint density at radius 3 is 1.97 bits per heavy atom. The molecule has 0 bridgehead atoms. The molecule has 11 N–H and O–H groups in total. The highest BCUT2D eigenvalue weighted by atomic mass is 16.7. The SMILES string of the molecule is C[C@H]1O[C@@H]([C@]2(O)[C@H](O)[C@@H](O)[C@@H](O[C@H]3[C@H](O)[C@@H](CO)N[C@@H]3CO)O[C@@H]2CO)[C@H](O)[C@@H](O)[C@@H]1O. The summed E-state index contributed by atoms with van der Waals surface area (Å²) in [5, 5.41) is 105. The number of nitrogens with one attached hydrogen (secondary N) is 1. The van der Waals surface area contributed by atoms with E-state index in [9.17, 15) is 51.1 Å². The molecule has 0 saturated carbocycles. The quantitative estimate of drug-likeness (QED) is 0.172. The van der Waals surface area contributed by atoms with Gasteiger partial charge in [-0.05, 0) is 6.92 Å². The van der Waals surface area contributed by atoms with E-state index in [1.165, 1.54) is 6.92 Å². The molecule has 0 aromatic heterocycles. The Bertz CT molecular complexity index is 624. The number of aliphatic hydroxyl groups is 10. The number of hydrogen-bond acceptors (Lipinski definition) is 14. The maximum Gasteiger partial charge on any atom is 0.187 e. The predicted molar refractivity (Wildman–Crippen MR) is 101 cm³/mol. The molecule has 14 nitrogen and oxygen atoms in total. The zero-order valence-corrected chi connectivity index (χ0v) is 17.3. The van der Waals surface area contributed by atoms with Crippen LogP contribution in [0.25, 0.3) is 0 Å². The van der Waals surface area contributed by atoms with Gasteiger partial charge in [0.25, 0.3) is 0 Å². The van der Waals surface area contributed by atoms with E-state index < -0.39 is 105 Å². The summed E-state index contributed by atoms with van der Waals surface area (Å²) < 4.78 is 16.4. The van der Waals surface area contributed by atoms with Gasteiger partial charge in [0.05, 0.1) is 44.1 Å². The van der Waals surface area contributed by atoms with E-state index in [1.807, 2.05) is 0 Å². The highest BCUT2D eigenvalue weighted by Gasteiger charge is 2.64. The lowest BCUT2D eigenvalue weighted by molar-refractivity contribution is -0.377. The van der Waals surface area contributed by atoms with Crippen molar-refractivity contribution in [1.29, 1.82) is 0 Å². The van der Waals surface area contributed by atoms with Gasteiger partial charge in [-0.1, -0.05) is 0 Å². The van der Waals surface area contributed by atoms with Gasteiger partial charge in [-0.15, -0.1) is 0 Å². The summed E-state index contributed by atoms with van der Waals surface area (Å²) in [5.41, 5.74) is -2.64. The number of ether oxygens (including phenoxy) is 3. The highest BCUT2D eigenvalue weighted by molar-refractivity contribution is 5.12. The first-order valence-corrected chi connectivity index (χ1v) is 10.4. The summed E-state index contributed by atoms with van der Waals surface area (Å²) in [5.74, 6) is 0. The van der Waals surface area contributed by atoms with E-state index in [-0.39, 0.29) is 0 Å². The first kappa shape index (κ1) is 26.1. The second-order valence-electron chi connectivity index (χ2n) is 8.57. The topological polar surface area (TPSA) is 242 Å². The standard InChI is InChI=1S/C18H33NO13/c1-5-9(23)11(25)12(26)16(30-5)18(29)8(4-22)31-17(13(27)15(18)28)32-14-7(3-21)19-6(2-20)10(14)24/h5-17,19-29H,2-4H2,1H3/t5-,6-,7-,8-,9-,10-,11+,12-,13-,14-,15-,16-,17-,18-/m1/s1. The highest BCUT2D eigenvalue weighted by Crippen LogP contribution is 2.39. The van der Waals surface area contributed by atoms with Crippen LogP contribution in [0.3, 0.4) is 0 Å². The van der Waals surface area contributed by atoms with Crippen molar-refractivity contribution in [1.82, 2.24) is 5.32 Å². The Hall–Kier alpha value is -0.560. The molecule has 14 atom stereocenters. The van der Waals surface area contributed by atoms with Gasteiger partial charge in [-0.3, -0.25) is 0 Å². The summed E-state index contributed by atoms with van der Waals surface area (Å²) >= 11 is 0. The molecule has 0 aromatic rings. The molecule has 3 heterocycles. The molecule has 0 spiro atoms. The molecule has 3 fully saturated rings. The van der Waals surface area contributed by atoms with Crippen molar-refractivity contribution < 1.29 is 65.3 Å². The minimum absolute atomic E-state index is 0.476. The summed E-state index contributed by atoms with van der Waals surface area (Å²) in [6, 6.07) is -1.70. The van der Waals surface area contributed by atoms with E-state index >= 15 is 0 Å². The van der Waals surface area contributed by atoms with Crippen molar-refractivity contribution in [3.63, 3.8) is 0 Å². The average Bonchev–Trinajstić information content (AvgIpc) is 3.09. The first-order valence-electron chi connectivity index (χ1n) is 10.4. The molecule has 0 aliphatic carbocycles. The maximum atomic E-state index is 11.2. The van der Waals surface area contributed by atoms with Gasteiger partial charge >= 0.3 is 0 Å². The monoisotopic (exact) mass is 471 g/mol. The van der Waals surface area contributed by atoms with Crippen LogP contribution in [0, 0.1) is 0 Å². The third-order valence-corrected chi connectivity index (χ3v) is 6.62. The number of rotatable bonds is 6. The first-order chi connectivity index (χ1) is 15.0. The van der Waals surface area contributed by atoms with Gasteiger partial charge in [-0.25, -0.2) is 0 Å². The fraction of sp³-hybridized carbons (Fsp3) is 1.00. The lowest BCUT2D eigenvalue weighted by Gasteiger charge is -2.54. The fourth-order valence-electron chi connectivity index (χ4n) is 4.63. The molecule has 0 aromatic carbocycles. The summed E-state index contributed by atoms with van der Waals surface area (Å²) in [6.07, 6.45) is -18.1. The molecule has 14 heteroatoms. The van der Waals surface area contributed by atoms with Crippen LogP contribution >= 0.6 is 0 Å². The average molecular weight is 471 g/mol. The minimum Gasteiger partial charge on any atom is -0.395 e. The van der Waals surface area contributed by atoms with Crippen LogP contribution in [0.4, 0.5) is 0 Å². The molecular formula is C18H33NO13.